The van der Waals surface area contributed by atoms with E-state index < -0.39 is 0 Å². The van der Waals surface area contributed by atoms with Gasteiger partial charge in [0.2, 0.25) is 17.7 Å². The Morgan fingerprint density at radius 1 is 1.17 bits per heavy atom. The zero-order valence-electron chi connectivity index (χ0n) is 16.6. The molecule has 158 valence electrons. The van der Waals surface area contributed by atoms with Crippen LogP contribution in [0.2, 0.25) is 0 Å². The van der Waals surface area contributed by atoms with Crippen LogP contribution in [0.4, 0.5) is 0 Å². The van der Waals surface area contributed by atoms with Crippen LogP contribution in [0.15, 0.2) is 41.0 Å². The van der Waals surface area contributed by atoms with E-state index in [0.29, 0.717) is 24.0 Å². The fourth-order valence-corrected chi connectivity index (χ4v) is 3.86. The van der Waals surface area contributed by atoms with Gasteiger partial charge in [-0.1, -0.05) is 18.2 Å². The van der Waals surface area contributed by atoms with Crippen LogP contribution in [-0.4, -0.2) is 42.0 Å². The van der Waals surface area contributed by atoms with Crippen molar-refractivity contribution in [3.05, 3.63) is 42.3 Å². The second-order valence-electron chi connectivity index (χ2n) is 7.95. The third-order valence-electron chi connectivity index (χ3n) is 5.60. The van der Waals surface area contributed by atoms with Gasteiger partial charge in [0.15, 0.2) is 0 Å². The Kier molecular flexibility index (Phi) is 6.11. The van der Waals surface area contributed by atoms with E-state index in [2.05, 4.69) is 15.6 Å². The van der Waals surface area contributed by atoms with Crippen LogP contribution in [0.5, 0.6) is 0 Å². The Balaban J connectivity index is 1.12. The number of nitrogens with one attached hydrogen (secondary N) is 2. The zero-order valence-corrected chi connectivity index (χ0v) is 16.6. The van der Waals surface area contributed by atoms with E-state index in [-0.39, 0.29) is 49.2 Å². The molecular formula is C22H25N3O5. The van der Waals surface area contributed by atoms with E-state index >= 15 is 0 Å². The molecule has 1 aromatic carbocycles. The molecule has 2 amide bonds. The largest absolute Gasteiger partial charge is 0.465 e. The van der Waals surface area contributed by atoms with Crippen molar-refractivity contribution in [2.24, 2.45) is 11.8 Å². The van der Waals surface area contributed by atoms with Crippen molar-refractivity contribution in [3.8, 4) is 11.5 Å². The molecule has 30 heavy (non-hydrogen) atoms. The molecule has 2 N–H and O–H groups in total. The molecule has 0 radical (unpaired) electrons. The smallest absolute Gasteiger partial charge is 0.306 e. The van der Waals surface area contributed by atoms with Gasteiger partial charge in [0, 0.05) is 18.2 Å². The molecule has 4 rings (SSSR count). The lowest BCUT2D eigenvalue weighted by molar-refractivity contribution is -0.138. The normalized spacial score (nSPS) is 22.8. The second kappa shape index (κ2) is 9.11. The molecular weight excluding hydrogens is 386 g/mol. The SMILES string of the molecule is O=C(Cc1coc(-c2ccccc2)n1)NC1CC(CCNC(=O)C2COC(=O)C2)C1. The van der Waals surface area contributed by atoms with E-state index in [1.54, 1.807) is 0 Å². The molecule has 0 spiro atoms. The van der Waals surface area contributed by atoms with Gasteiger partial charge in [-0.3, -0.25) is 14.4 Å². The fourth-order valence-electron chi connectivity index (χ4n) is 3.86. The third-order valence-corrected chi connectivity index (χ3v) is 5.60. The van der Waals surface area contributed by atoms with Gasteiger partial charge in [-0.2, -0.15) is 0 Å². The summed E-state index contributed by atoms with van der Waals surface area (Å²) in [4.78, 5) is 39.6. The van der Waals surface area contributed by atoms with Crippen LogP contribution >= 0.6 is 0 Å². The number of hydrogen-bond donors (Lipinski definition) is 2. The van der Waals surface area contributed by atoms with Crippen LogP contribution in [-0.2, 0) is 25.5 Å². The van der Waals surface area contributed by atoms with Crippen molar-refractivity contribution in [1.82, 2.24) is 15.6 Å². The van der Waals surface area contributed by atoms with Gasteiger partial charge in [-0.05, 0) is 37.3 Å². The van der Waals surface area contributed by atoms with E-state index in [1.807, 2.05) is 30.3 Å². The summed E-state index contributed by atoms with van der Waals surface area (Å²) in [6, 6.07) is 9.73. The molecule has 8 heteroatoms. The maximum absolute atomic E-state index is 12.3. The van der Waals surface area contributed by atoms with Crippen LogP contribution in [0, 0.1) is 11.8 Å². The van der Waals surface area contributed by atoms with Crippen LogP contribution in [0.3, 0.4) is 0 Å². The topological polar surface area (TPSA) is 111 Å². The molecule has 0 bridgehead atoms. The van der Waals surface area contributed by atoms with Gasteiger partial charge in [-0.25, -0.2) is 4.98 Å². The van der Waals surface area contributed by atoms with Crippen molar-refractivity contribution in [1.29, 1.82) is 0 Å². The Hall–Kier alpha value is -3.16. The molecule has 1 aromatic heterocycles. The summed E-state index contributed by atoms with van der Waals surface area (Å²) in [6.07, 6.45) is 4.55. The highest BCUT2D eigenvalue weighted by Crippen LogP contribution is 2.30. The summed E-state index contributed by atoms with van der Waals surface area (Å²) in [7, 11) is 0. The maximum atomic E-state index is 12.3. The van der Waals surface area contributed by atoms with Crippen molar-refractivity contribution in [3.63, 3.8) is 0 Å². The standard InChI is InChI=1S/C22H25N3O5/c26-19(11-18-13-30-22(25-18)15-4-2-1-3-5-15)24-17-8-14(9-17)6-7-23-21(28)16-10-20(27)29-12-16/h1-5,13-14,16-17H,6-12H2,(H,23,28)(H,24,26). The summed E-state index contributed by atoms with van der Waals surface area (Å²) in [5.41, 5.74) is 1.49. The molecule has 1 unspecified atom stereocenters. The minimum absolute atomic E-state index is 0.0643. The highest BCUT2D eigenvalue weighted by Gasteiger charge is 2.32. The molecule has 2 fully saturated rings. The highest BCUT2D eigenvalue weighted by atomic mass is 16.5. The minimum atomic E-state index is -0.357. The fraction of sp³-hybridized carbons (Fsp3) is 0.455. The summed E-state index contributed by atoms with van der Waals surface area (Å²) in [5.74, 6) is 0.143. The Labute approximate surface area is 174 Å². The third kappa shape index (κ3) is 5.06. The first-order valence-corrected chi connectivity index (χ1v) is 10.3. The van der Waals surface area contributed by atoms with Gasteiger partial charge < -0.3 is 19.8 Å². The predicted octanol–water partition coefficient (Wildman–Crippen LogP) is 1.85. The van der Waals surface area contributed by atoms with Crippen molar-refractivity contribution in [2.75, 3.05) is 13.2 Å². The maximum Gasteiger partial charge on any atom is 0.306 e. The summed E-state index contributed by atoms with van der Waals surface area (Å²) in [5, 5.41) is 5.90. The summed E-state index contributed by atoms with van der Waals surface area (Å²) < 4.78 is 10.3. The van der Waals surface area contributed by atoms with Crippen LogP contribution < -0.4 is 10.6 Å². The number of cyclic esters (lactones) is 1. The van der Waals surface area contributed by atoms with Gasteiger partial charge in [0.1, 0.15) is 12.9 Å². The number of oxazole rings is 1. The van der Waals surface area contributed by atoms with Gasteiger partial charge in [-0.15, -0.1) is 0 Å². The first-order valence-electron chi connectivity index (χ1n) is 10.3. The number of hydrogen-bond acceptors (Lipinski definition) is 6. The molecule has 1 aliphatic carbocycles. The van der Waals surface area contributed by atoms with Crippen molar-refractivity contribution in [2.45, 2.75) is 38.1 Å². The van der Waals surface area contributed by atoms with E-state index in [4.69, 9.17) is 9.15 Å². The molecule has 1 saturated heterocycles. The lowest BCUT2D eigenvalue weighted by atomic mass is 9.78. The molecule has 8 nitrogen and oxygen atoms in total. The Bertz CT molecular complexity index is 905. The minimum Gasteiger partial charge on any atom is -0.465 e. The number of carbonyl (C=O) groups excluding carboxylic acids is 3. The highest BCUT2D eigenvalue weighted by molar-refractivity contribution is 5.86. The first kappa shape index (κ1) is 20.1. The number of aromatic nitrogens is 1. The average Bonchev–Trinajstić information content (AvgIpc) is 3.35. The van der Waals surface area contributed by atoms with Crippen LogP contribution in [0.1, 0.15) is 31.4 Å². The first-order chi connectivity index (χ1) is 14.6. The number of amides is 2. The van der Waals surface area contributed by atoms with Crippen molar-refractivity contribution < 1.29 is 23.5 Å². The zero-order chi connectivity index (χ0) is 20.9. The van der Waals surface area contributed by atoms with E-state index in [9.17, 15) is 14.4 Å². The molecule has 1 saturated carbocycles. The Morgan fingerprint density at radius 3 is 2.70 bits per heavy atom. The van der Waals surface area contributed by atoms with Crippen LogP contribution in [0.25, 0.3) is 11.5 Å². The predicted molar refractivity (Wildman–Crippen MR) is 107 cm³/mol. The molecule has 2 heterocycles. The lowest BCUT2D eigenvalue weighted by Crippen LogP contribution is -2.45. The van der Waals surface area contributed by atoms with Gasteiger partial charge in [0.05, 0.1) is 24.5 Å². The quantitative estimate of drug-likeness (QED) is 0.642. The number of carbonyl (C=O) groups is 3. The lowest BCUT2D eigenvalue weighted by Gasteiger charge is -2.36. The van der Waals surface area contributed by atoms with Gasteiger partial charge >= 0.3 is 5.97 Å². The number of rotatable bonds is 8. The van der Waals surface area contributed by atoms with Crippen molar-refractivity contribution >= 4 is 17.8 Å². The number of nitrogens with zero attached hydrogens (tertiary/aromatic N) is 1. The molecule has 1 aliphatic heterocycles. The second-order valence-corrected chi connectivity index (χ2v) is 7.95. The number of esters is 1. The summed E-state index contributed by atoms with van der Waals surface area (Å²) >= 11 is 0. The molecule has 1 atom stereocenters. The monoisotopic (exact) mass is 411 g/mol. The van der Waals surface area contributed by atoms with E-state index in [0.717, 1.165) is 24.8 Å². The molecule has 2 aliphatic rings. The number of benzene rings is 1. The van der Waals surface area contributed by atoms with E-state index in [1.165, 1.54) is 6.26 Å². The van der Waals surface area contributed by atoms with Gasteiger partial charge in [0.25, 0.3) is 0 Å². The molecule has 2 aromatic rings. The number of ether oxygens (including phenoxy) is 1. The summed E-state index contributed by atoms with van der Waals surface area (Å²) in [6.45, 7) is 0.761. The Morgan fingerprint density at radius 2 is 1.97 bits per heavy atom. The average molecular weight is 411 g/mol.